The molecule has 2 unspecified atom stereocenters. The Morgan fingerprint density at radius 1 is 1.32 bits per heavy atom. The van der Waals surface area contributed by atoms with Crippen molar-refractivity contribution in [2.45, 2.75) is 38.6 Å². The maximum Gasteiger partial charge on any atom is 0.317 e. The highest BCUT2D eigenvalue weighted by Gasteiger charge is 2.32. The Bertz CT molecular complexity index is 842. The molecule has 2 atom stereocenters. The number of aromatic nitrogens is 1. The van der Waals surface area contributed by atoms with Gasteiger partial charge in [0.15, 0.2) is 0 Å². The van der Waals surface area contributed by atoms with Gasteiger partial charge in [-0.05, 0) is 50.3 Å². The highest BCUT2D eigenvalue weighted by atomic mass is 16.4. The maximum atomic E-state index is 12.5. The van der Waals surface area contributed by atoms with Gasteiger partial charge in [0.25, 0.3) is 0 Å². The molecule has 3 N–H and O–H groups in total. The van der Waals surface area contributed by atoms with E-state index in [1.807, 2.05) is 0 Å². The molecule has 25 heavy (non-hydrogen) atoms. The van der Waals surface area contributed by atoms with E-state index in [9.17, 15) is 9.59 Å². The number of aromatic amines is 1. The molecule has 2 heterocycles. The minimum atomic E-state index is -0.813. The van der Waals surface area contributed by atoms with Crippen LogP contribution in [-0.2, 0) is 17.6 Å². The number of hydrogen-bond acceptors (Lipinski definition) is 2. The molecule has 0 radical (unpaired) electrons. The van der Waals surface area contributed by atoms with Crippen molar-refractivity contribution in [2.24, 2.45) is 5.92 Å². The van der Waals surface area contributed by atoms with Crippen LogP contribution in [0.25, 0.3) is 10.9 Å². The number of H-pyrrole nitrogens is 1. The minimum Gasteiger partial charge on any atom is -0.481 e. The van der Waals surface area contributed by atoms with Crippen LogP contribution in [0.1, 0.15) is 29.7 Å². The Morgan fingerprint density at radius 2 is 2.16 bits per heavy atom. The van der Waals surface area contributed by atoms with Crippen molar-refractivity contribution in [1.82, 2.24) is 15.2 Å². The zero-order valence-electron chi connectivity index (χ0n) is 14.3. The number of nitrogens with one attached hydrogen (secondary N) is 2. The van der Waals surface area contributed by atoms with Gasteiger partial charge >= 0.3 is 12.0 Å². The second-order valence-electron chi connectivity index (χ2n) is 7.29. The number of hydrogen-bond donors (Lipinski definition) is 3. The third kappa shape index (κ3) is 2.97. The molecule has 6 nitrogen and oxygen atoms in total. The smallest absolute Gasteiger partial charge is 0.317 e. The van der Waals surface area contributed by atoms with Crippen LogP contribution in [-0.4, -0.2) is 46.1 Å². The largest absolute Gasteiger partial charge is 0.481 e. The average Bonchev–Trinajstić information content (AvgIpc) is 3.20. The van der Waals surface area contributed by atoms with Crippen LogP contribution >= 0.6 is 0 Å². The number of aliphatic carboxylic acids is 1. The number of rotatable bonds is 2. The highest BCUT2D eigenvalue weighted by Crippen LogP contribution is 2.30. The van der Waals surface area contributed by atoms with Gasteiger partial charge in [-0.2, -0.15) is 0 Å². The number of nitrogens with zero attached hydrogens (tertiary/aromatic N) is 1. The van der Waals surface area contributed by atoms with Gasteiger partial charge in [0.2, 0.25) is 0 Å². The Kier molecular flexibility index (Phi) is 3.90. The lowest BCUT2D eigenvalue weighted by atomic mass is 9.91. The van der Waals surface area contributed by atoms with Gasteiger partial charge in [-0.25, -0.2) is 4.79 Å². The summed E-state index contributed by atoms with van der Waals surface area (Å²) in [5.74, 6) is -1.24. The predicted molar refractivity (Wildman–Crippen MR) is 94.7 cm³/mol. The van der Waals surface area contributed by atoms with Crippen molar-refractivity contribution in [3.8, 4) is 0 Å². The molecule has 0 bridgehead atoms. The van der Waals surface area contributed by atoms with E-state index in [1.165, 1.54) is 22.2 Å². The lowest BCUT2D eigenvalue weighted by molar-refractivity contribution is -0.141. The van der Waals surface area contributed by atoms with Crippen molar-refractivity contribution in [3.05, 3.63) is 35.0 Å². The van der Waals surface area contributed by atoms with Gasteiger partial charge in [-0.15, -0.1) is 0 Å². The summed E-state index contributed by atoms with van der Waals surface area (Å²) in [4.78, 5) is 28.7. The summed E-state index contributed by atoms with van der Waals surface area (Å²) in [6, 6.07) is 6.40. The van der Waals surface area contributed by atoms with Crippen LogP contribution in [0.4, 0.5) is 4.79 Å². The molecule has 0 saturated carbocycles. The van der Waals surface area contributed by atoms with E-state index < -0.39 is 11.9 Å². The van der Waals surface area contributed by atoms with Crippen LogP contribution < -0.4 is 5.32 Å². The molecular formula is C19H23N3O3. The van der Waals surface area contributed by atoms with Gasteiger partial charge in [-0.3, -0.25) is 4.79 Å². The number of fused-ring (bicyclic) bond motifs is 3. The number of aryl methyl sites for hydroxylation is 2. The summed E-state index contributed by atoms with van der Waals surface area (Å²) in [6.45, 7) is 2.92. The van der Waals surface area contributed by atoms with E-state index in [1.54, 1.807) is 4.90 Å². The molecule has 1 aliphatic heterocycles. The SMILES string of the molecule is Cc1ccc2[nH]c3c(c2c1)CC(NC(=O)N1CCC(C(=O)O)C1)CC3. The summed E-state index contributed by atoms with van der Waals surface area (Å²) in [5, 5.41) is 13.4. The van der Waals surface area contributed by atoms with Crippen molar-refractivity contribution in [3.63, 3.8) is 0 Å². The lowest BCUT2D eigenvalue weighted by Crippen LogP contribution is -2.46. The number of carboxylic acid groups (broad SMARTS) is 1. The summed E-state index contributed by atoms with van der Waals surface area (Å²) < 4.78 is 0. The number of likely N-dealkylation sites (tertiary alicyclic amines) is 1. The Labute approximate surface area is 146 Å². The standard InChI is InChI=1S/C19H23N3O3/c1-11-2-4-16-14(8-11)15-9-13(3-5-17(15)21-16)20-19(25)22-7-6-12(10-22)18(23)24/h2,4,8,12-13,21H,3,5-7,9-10H2,1H3,(H,20,25)(H,23,24). The number of carbonyl (C=O) groups excluding carboxylic acids is 1. The summed E-state index contributed by atoms with van der Waals surface area (Å²) in [6.07, 6.45) is 3.19. The summed E-state index contributed by atoms with van der Waals surface area (Å²) in [5.41, 5.74) is 4.97. The fourth-order valence-corrected chi connectivity index (χ4v) is 4.07. The van der Waals surface area contributed by atoms with Crippen molar-refractivity contribution < 1.29 is 14.7 Å². The first-order valence-electron chi connectivity index (χ1n) is 8.89. The van der Waals surface area contributed by atoms with Crippen LogP contribution in [0.2, 0.25) is 0 Å². The Hall–Kier alpha value is -2.50. The molecule has 1 aromatic carbocycles. The Balaban J connectivity index is 1.46. The minimum absolute atomic E-state index is 0.100. The van der Waals surface area contributed by atoms with Gasteiger partial charge < -0.3 is 20.3 Å². The molecule has 1 saturated heterocycles. The third-order valence-electron chi connectivity index (χ3n) is 5.50. The first kappa shape index (κ1) is 16.0. The number of benzene rings is 1. The number of amides is 2. The van der Waals surface area contributed by atoms with E-state index >= 15 is 0 Å². The molecule has 2 aliphatic rings. The highest BCUT2D eigenvalue weighted by molar-refractivity contribution is 5.86. The normalized spacial score (nSPS) is 22.8. The van der Waals surface area contributed by atoms with Gasteiger partial charge in [0.1, 0.15) is 0 Å². The quantitative estimate of drug-likeness (QED) is 0.784. The van der Waals surface area contributed by atoms with Crippen LogP contribution in [0.5, 0.6) is 0 Å². The second-order valence-corrected chi connectivity index (χ2v) is 7.29. The first-order valence-corrected chi connectivity index (χ1v) is 8.89. The van der Waals surface area contributed by atoms with E-state index in [0.29, 0.717) is 19.5 Å². The lowest BCUT2D eigenvalue weighted by Gasteiger charge is -2.26. The van der Waals surface area contributed by atoms with Crippen LogP contribution in [0.15, 0.2) is 18.2 Å². The molecule has 2 aromatic rings. The predicted octanol–water partition coefficient (Wildman–Crippen LogP) is 2.45. The molecule has 0 spiro atoms. The number of urea groups is 1. The monoisotopic (exact) mass is 341 g/mol. The number of carboxylic acids is 1. The van der Waals surface area contributed by atoms with Crippen molar-refractivity contribution in [1.29, 1.82) is 0 Å². The molecule has 132 valence electrons. The van der Waals surface area contributed by atoms with Crippen molar-refractivity contribution >= 4 is 22.9 Å². The maximum absolute atomic E-state index is 12.5. The molecular weight excluding hydrogens is 318 g/mol. The zero-order valence-corrected chi connectivity index (χ0v) is 14.3. The topological polar surface area (TPSA) is 85.4 Å². The molecule has 4 rings (SSSR count). The molecule has 2 amide bonds. The number of carbonyl (C=O) groups is 2. The van der Waals surface area contributed by atoms with Crippen LogP contribution in [0.3, 0.4) is 0 Å². The zero-order chi connectivity index (χ0) is 17.6. The molecule has 1 fully saturated rings. The molecule has 1 aromatic heterocycles. The fraction of sp³-hybridized carbons (Fsp3) is 0.474. The van der Waals surface area contributed by atoms with E-state index in [2.05, 4.69) is 35.4 Å². The molecule has 1 aliphatic carbocycles. The van der Waals surface area contributed by atoms with E-state index in [-0.39, 0.29) is 12.1 Å². The first-order chi connectivity index (χ1) is 12.0. The fourth-order valence-electron chi connectivity index (χ4n) is 4.07. The van der Waals surface area contributed by atoms with Gasteiger partial charge in [0.05, 0.1) is 5.92 Å². The van der Waals surface area contributed by atoms with Gasteiger partial charge in [-0.1, -0.05) is 11.6 Å². The second kappa shape index (κ2) is 6.10. The van der Waals surface area contributed by atoms with Crippen molar-refractivity contribution in [2.75, 3.05) is 13.1 Å². The van der Waals surface area contributed by atoms with E-state index in [4.69, 9.17) is 5.11 Å². The average molecular weight is 341 g/mol. The third-order valence-corrected chi connectivity index (χ3v) is 5.50. The van der Waals surface area contributed by atoms with Crippen LogP contribution in [0, 0.1) is 12.8 Å². The molecule has 6 heteroatoms. The Morgan fingerprint density at radius 3 is 2.92 bits per heavy atom. The summed E-state index contributed by atoms with van der Waals surface area (Å²) >= 11 is 0. The van der Waals surface area contributed by atoms with Gasteiger partial charge in [0, 0.05) is 35.7 Å². The summed E-state index contributed by atoms with van der Waals surface area (Å²) in [7, 11) is 0. The van der Waals surface area contributed by atoms with E-state index in [0.717, 1.165) is 24.8 Å².